The molecular formula is C17H25N3O2. The average Bonchev–Trinajstić information content (AvgIpc) is 2.40. The fraction of sp³-hybridized carbons (Fsp3) is 0.647. The lowest BCUT2D eigenvalue weighted by atomic mass is 9.91. The first-order valence-corrected chi connectivity index (χ1v) is 8.10. The first-order valence-electron chi connectivity index (χ1n) is 8.10. The summed E-state index contributed by atoms with van der Waals surface area (Å²) in [6.07, 6.45) is 5.08. The second kappa shape index (κ2) is 5.88. The van der Waals surface area contributed by atoms with Gasteiger partial charge in [-0.1, -0.05) is 6.07 Å². The van der Waals surface area contributed by atoms with Crippen molar-refractivity contribution >= 4 is 6.09 Å². The minimum absolute atomic E-state index is 0.215. The van der Waals surface area contributed by atoms with Crippen LogP contribution in [0.5, 0.6) is 0 Å². The van der Waals surface area contributed by atoms with Gasteiger partial charge in [-0.05, 0) is 51.7 Å². The van der Waals surface area contributed by atoms with Crippen molar-refractivity contribution in [2.45, 2.75) is 57.7 Å². The molecule has 1 saturated heterocycles. The van der Waals surface area contributed by atoms with Crippen molar-refractivity contribution in [3.63, 3.8) is 0 Å². The number of nitrogens with one attached hydrogen (secondary N) is 1. The van der Waals surface area contributed by atoms with Crippen LogP contribution in [0.15, 0.2) is 18.3 Å². The topological polar surface area (TPSA) is 54.5 Å². The number of amides is 1. The molecule has 0 spiro atoms. The number of hydrogen-bond acceptors (Lipinski definition) is 4. The fourth-order valence-corrected chi connectivity index (χ4v) is 3.12. The van der Waals surface area contributed by atoms with Crippen LogP contribution >= 0.6 is 0 Å². The van der Waals surface area contributed by atoms with E-state index in [1.165, 1.54) is 17.7 Å². The van der Waals surface area contributed by atoms with E-state index < -0.39 is 5.60 Å². The van der Waals surface area contributed by atoms with Gasteiger partial charge in [-0.3, -0.25) is 4.98 Å². The zero-order valence-corrected chi connectivity index (χ0v) is 13.6. The summed E-state index contributed by atoms with van der Waals surface area (Å²) in [5.41, 5.74) is 2.11. The van der Waals surface area contributed by atoms with Gasteiger partial charge in [0.2, 0.25) is 0 Å². The standard InChI is InChI=1S/C17H25N3O2/c1-17(2,3)22-16(21)20-10-13(11-20)19-14-8-4-6-12-7-5-9-18-15(12)14/h5,7,9,13-14,19H,4,6,8,10-11H2,1-3H3. The highest BCUT2D eigenvalue weighted by molar-refractivity contribution is 5.69. The second-order valence-electron chi connectivity index (χ2n) is 7.24. The van der Waals surface area contributed by atoms with Crippen LogP contribution in [0.25, 0.3) is 0 Å². The lowest BCUT2D eigenvalue weighted by Gasteiger charge is -2.42. The van der Waals surface area contributed by atoms with Gasteiger partial charge in [0.15, 0.2) is 0 Å². The van der Waals surface area contributed by atoms with E-state index in [9.17, 15) is 4.79 Å². The number of fused-ring (bicyclic) bond motifs is 1. The van der Waals surface area contributed by atoms with E-state index in [2.05, 4.69) is 16.4 Å². The van der Waals surface area contributed by atoms with E-state index in [1.54, 1.807) is 4.90 Å². The number of aromatic nitrogens is 1. The van der Waals surface area contributed by atoms with E-state index in [0.29, 0.717) is 25.2 Å². The first kappa shape index (κ1) is 15.3. The molecule has 1 unspecified atom stereocenters. The van der Waals surface area contributed by atoms with Crippen molar-refractivity contribution in [1.29, 1.82) is 0 Å². The minimum Gasteiger partial charge on any atom is -0.444 e. The van der Waals surface area contributed by atoms with E-state index in [4.69, 9.17) is 4.74 Å². The third-order valence-corrected chi connectivity index (χ3v) is 4.17. The van der Waals surface area contributed by atoms with Gasteiger partial charge in [0.25, 0.3) is 0 Å². The van der Waals surface area contributed by atoms with Crippen LogP contribution in [-0.4, -0.2) is 40.7 Å². The number of likely N-dealkylation sites (tertiary alicyclic amines) is 1. The number of hydrogen-bond donors (Lipinski definition) is 1. The molecule has 5 nitrogen and oxygen atoms in total. The van der Waals surface area contributed by atoms with E-state index in [1.807, 2.05) is 33.0 Å². The maximum Gasteiger partial charge on any atom is 0.410 e. The molecule has 1 aromatic rings. The zero-order valence-electron chi connectivity index (χ0n) is 13.6. The van der Waals surface area contributed by atoms with Crippen LogP contribution < -0.4 is 5.32 Å². The van der Waals surface area contributed by atoms with E-state index in [0.717, 1.165) is 12.8 Å². The summed E-state index contributed by atoms with van der Waals surface area (Å²) in [7, 11) is 0. The number of nitrogens with zero attached hydrogens (tertiary/aromatic N) is 2. The van der Waals surface area contributed by atoms with Crippen molar-refractivity contribution in [3.8, 4) is 0 Å². The summed E-state index contributed by atoms with van der Waals surface area (Å²) in [5, 5.41) is 3.65. The molecule has 0 saturated carbocycles. The number of ether oxygens (including phenoxy) is 1. The molecule has 1 aliphatic heterocycles. The summed E-state index contributed by atoms with van der Waals surface area (Å²) < 4.78 is 5.38. The maximum absolute atomic E-state index is 11.9. The largest absolute Gasteiger partial charge is 0.444 e. The molecule has 1 aromatic heterocycles. The monoisotopic (exact) mass is 303 g/mol. The average molecular weight is 303 g/mol. The van der Waals surface area contributed by atoms with Crippen molar-refractivity contribution < 1.29 is 9.53 Å². The predicted octanol–water partition coefficient (Wildman–Crippen LogP) is 2.67. The van der Waals surface area contributed by atoms with Gasteiger partial charge in [-0.15, -0.1) is 0 Å². The lowest BCUT2D eigenvalue weighted by Crippen LogP contribution is -2.61. The van der Waals surface area contributed by atoms with Crippen molar-refractivity contribution in [2.75, 3.05) is 13.1 Å². The van der Waals surface area contributed by atoms with Crippen LogP contribution in [0.3, 0.4) is 0 Å². The first-order chi connectivity index (χ1) is 10.4. The minimum atomic E-state index is -0.429. The third-order valence-electron chi connectivity index (χ3n) is 4.17. The molecule has 2 heterocycles. The van der Waals surface area contributed by atoms with E-state index in [-0.39, 0.29) is 6.09 Å². The number of aryl methyl sites for hydroxylation is 1. The lowest BCUT2D eigenvalue weighted by molar-refractivity contribution is 0.00385. The van der Waals surface area contributed by atoms with Crippen LogP contribution in [0.4, 0.5) is 4.79 Å². The smallest absolute Gasteiger partial charge is 0.410 e. The second-order valence-corrected chi connectivity index (χ2v) is 7.24. The number of carbonyl (C=O) groups is 1. The van der Waals surface area contributed by atoms with Gasteiger partial charge in [0, 0.05) is 25.3 Å². The fourth-order valence-electron chi connectivity index (χ4n) is 3.12. The van der Waals surface area contributed by atoms with Gasteiger partial charge >= 0.3 is 6.09 Å². The summed E-state index contributed by atoms with van der Waals surface area (Å²) in [6, 6.07) is 4.83. The molecule has 0 aromatic carbocycles. The number of rotatable bonds is 2. The Kier molecular flexibility index (Phi) is 4.08. The van der Waals surface area contributed by atoms with Gasteiger partial charge in [0.05, 0.1) is 11.7 Å². The van der Waals surface area contributed by atoms with Gasteiger partial charge < -0.3 is 15.0 Å². The zero-order chi connectivity index (χ0) is 15.7. The van der Waals surface area contributed by atoms with Gasteiger partial charge in [-0.25, -0.2) is 4.79 Å². The Morgan fingerprint density at radius 1 is 1.41 bits per heavy atom. The summed E-state index contributed by atoms with van der Waals surface area (Å²) in [6.45, 7) is 7.11. The molecule has 2 aliphatic rings. The molecule has 3 rings (SSSR count). The van der Waals surface area contributed by atoms with Gasteiger partial charge in [0.1, 0.15) is 5.60 Å². The molecule has 0 radical (unpaired) electrons. The summed E-state index contributed by atoms with van der Waals surface area (Å²) in [5.74, 6) is 0. The van der Waals surface area contributed by atoms with Crippen LogP contribution in [0.1, 0.15) is 50.9 Å². The maximum atomic E-state index is 11.9. The van der Waals surface area contributed by atoms with Crippen LogP contribution in [0, 0.1) is 0 Å². The van der Waals surface area contributed by atoms with Crippen molar-refractivity contribution in [2.24, 2.45) is 0 Å². The Hall–Kier alpha value is -1.62. The highest BCUT2D eigenvalue weighted by Gasteiger charge is 2.35. The molecule has 120 valence electrons. The Labute approximate surface area is 132 Å². The van der Waals surface area contributed by atoms with Crippen molar-refractivity contribution in [1.82, 2.24) is 15.2 Å². The third kappa shape index (κ3) is 3.40. The predicted molar refractivity (Wildman–Crippen MR) is 84.6 cm³/mol. The van der Waals surface area contributed by atoms with Gasteiger partial charge in [-0.2, -0.15) is 0 Å². The molecule has 0 bridgehead atoms. The van der Waals surface area contributed by atoms with E-state index >= 15 is 0 Å². The Balaban J connectivity index is 1.52. The molecule has 1 amide bonds. The molecule has 22 heavy (non-hydrogen) atoms. The SMILES string of the molecule is CC(C)(C)OC(=O)N1CC(NC2CCCc3cccnc32)C1. The Morgan fingerprint density at radius 2 is 2.18 bits per heavy atom. The Morgan fingerprint density at radius 3 is 2.91 bits per heavy atom. The van der Waals surface area contributed by atoms with Crippen LogP contribution in [0.2, 0.25) is 0 Å². The summed E-state index contributed by atoms with van der Waals surface area (Å²) in [4.78, 5) is 18.2. The normalized spacial score (nSPS) is 22.0. The molecule has 1 aliphatic carbocycles. The molecular weight excluding hydrogens is 278 g/mol. The molecule has 1 fully saturated rings. The van der Waals surface area contributed by atoms with Crippen molar-refractivity contribution in [3.05, 3.63) is 29.6 Å². The summed E-state index contributed by atoms with van der Waals surface area (Å²) >= 11 is 0. The van der Waals surface area contributed by atoms with Crippen LogP contribution in [-0.2, 0) is 11.2 Å². The number of pyridine rings is 1. The Bertz CT molecular complexity index is 547. The number of carbonyl (C=O) groups excluding carboxylic acids is 1. The molecule has 1 atom stereocenters. The highest BCUT2D eigenvalue weighted by Crippen LogP contribution is 2.29. The quantitative estimate of drug-likeness (QED) is 0.912. The molecule has 1 N–H and O–H groups in total. The molecule has 5 heteroatoms. The highest BCUT2D eigenvalue weighted by atomic mass is 16.6.